The number of anilines is 1. The summed E-state index contributed by atoms with van der Waals surface area (Å²) in [6.45, 7) is 2.03. The number of aryl methyl sites for hydroxylation is 1. The molecule has 0 spiro atoms. The van der Waals surface area contributed by atoms with Gasteiger partial charge in [-0.1, -0.05) is 72.3 Å². The van der Waals surface area contributed by atoms with Crippen LogP contribution in [0, 0.1) is 6.92 Å². The molecule has 3 aromatic carbocycles. The van der Waals surface area contributed by atoms with Crippen molar-refractivity contribution >= 4 is 17.5 Å². The van der Waals surface area contributed by atoms with Gasteiger partial charge in [0.2, 0.25) is 0 Å². The van der Waals surface area contributed by atoms with Gasteiger partial charge in [0.05, 0.1) is 12.1 Å². The minimum atomic E-state index is -0.912. The molecule has 0 fully saturated rings. The van der Waals surface area contributed by atoms with E-state index in [1.807, 2.05) is 73.7 Å². The Morgan fingerprint density at radius 1 is 0.969 bits per heavy atom. The van der Waals surface area contributed by atoms with Gasteiger partial charge in [0.25, 0.3) is 11.8 Å². The maximum absolute atomic E-state index is 13.1. The summed E-state index contributed by atoms with van der Waals surface area (Å²) in [7, 11) is 0. The smallest absolute Gasteiger partial charge is 0.266 e. The number of nitrogens with zero attached hydrogens (tertiary/aromatic N) is 2. The van der Waals surface area contributed by atoms with Crippen molar-refractivity contribution < 1.29 is 14.3 Å². The average Bonchev–Trinajstić information content (AvgIpc) is 3.26. The highest BCUT2D eigenvalue weighted by Gasteiger charge is 2.30. The number of hydrogen-bond acceptors (Lipinski definition) is 4. The summed E-state index contributed by atoms with van der Waals surface area (Å²) in [6.07, 6.45) is 0.692. The Hall–Kier alpha value is -4.19. The second-order valence-corrected chi connectivity index (χ2v) is 7.76. The van der Waals surface area contributed by atoms with Crippen LogP contribution in [0.1, 0.15) is 16.8 Å². The molecule has 1 aromatic heterocycles. The summed E-state index contributed by atoms with van der Waals surface area (Å²) in [5.74, 6) is -0.109. The fourth-order valence-electron chi connectivity index (χ4n) is 3.73. The maximum Gasteiger partial charge on any atom is 0.266 e. The third-order valence-electron chi connectivity index (χ3n) is 5.45. The Morgan fingerprint density at radius 3 is 2.47 bits per heavy atom. The van der Waals surface area contributed by atoms with Crippen molar-refractivity contribution in [2.45, 2.75) is 19.4 Å². The Labute approximate surface area is 185 Å². The predicted octanol–water partition coefficient (Wildman–Crippen LogP) is 4.96. The third-order valence-corrected chi connectivity index (χ3v) is 5.45. The molecule has 2 heterocycles. The summed E-state index contributed by atoms with van der Waals surface area (Å²) in [5.41, 5.74) is 5.20. The first-order valence-electron chi connectivity index (χ1n) is 10.4. The first-order chi connectivity index (χ1) is 15.6. The van der Waals surface area contributed by atoms with Gasteiger partial charge in [0, 0.05) is 17.3 Å². The molecule has 1 aliphatic heterocycles. The lowest BCUT2D eigenvalue weighted by Gasteiger charge is -2.25. The molecule has 32 heavy (non-hydrogen) atoms. The Kier molecular flexibility index (Phi) is 5.03. The van der Waals surface area contributed by atoms with Crippen LogP contribution in [0.4, 0.5) is 5.69 Å². The van der Waals surface area contributed by atoms with Gasteiger partial charge < -0.3 is 10.1 Å². The van der Waals surface area contributed by atoms with Gasteiger partial charge in [-0.15, -0.1) is 0 Å². The number of hydrogen-bond donors (Lipinski definition) is 1. The normalized spacial score (nSPS) is 14.9. The Morgan fingerprint density at radius 2 is 1.69 bits per heavy atom. The van der Waals surface area contributed by atoms with Crippen molar-refractivity contribution in [2.24, 2.45) is 0 Å². The molecule has 6 heteroatoms. The number of ether oxygens (including phenoxy) is 1. The molecule has 1 amide bonds. The van der Waals surface area contributed by atoms with Crippen molar-refractivity contribution in [1.82, 2.24) is 9.78 Å². The van der Waals surface area contributed by atoms with Gasteiger partial charge in [-0.3, -0.25) is 9.59 Å². The van der Waals surface area contributed by atoms with Crippen LogP contribution in [-0.2, 0) is 4.79 Å². The number of benzene rings is 3. The van der Waals surface area contributed by atoms with E-state index in [2.05, 4.69) is 10.4 Å². The quantitative estimate of drug-likeness (QED) is 0.504. The van der Waals surface area contributed by atoms with E-state index in [-0.39, 0.29) is 18.2 Å². The summed E-state index contributed by atoms with van der Waals surface area (Å²) in [4.78, 5) is 25.5. The molecular weight excluding hydrogens is 402 g/mol. The van der Waals surface area contributed by atoms with E-state index in [4.69, 9.17) is 4.74 Å². The highest BCUT2D eigenvalue weighted by atomic mass is 16.5. The zero-order valence-corrected chi connectivity index (χ0v) is 17.5. The van der Waals surface area contributed by atoms with Crippen LogP contribution in [0.2, 0.25) is 0 Å². The number of carbonyl (C=O) groups is 2. The minimum Gasteiger partial charge on any atom is -0.478 e. The van der Waals surface area contributed by atoms with Gasteiger partial charge in [-0.2, -0.15) is 5.10 Å². The number of amides is 1. The summed E-state index contributed by atoms with van der Waals surface area (Å²) in [5, 5.41) is 7.39. The monoisotopic (exact) mass is 423 g/mol. The lowest BCUT2D eigenvalue weighted by molar-refractivity contribution is -0.123. The highest BCUT2D eigenvalue weighted by Crippen LogP contribution is 2.32. The van der Waals surface area contributed by atoms with E-state index in [0.717, 1.165) is 22.3 Å². The zero-order chi connectivity index (χ0) is 22.1. The van der Waals surface area contributed by atoms with Crippen LogP contribution in [0.3, 0.4) is 0 Å². The fourth-order valence-corrected chi connectivity index (χ4v) is 3.73. The average molecular weight is 423 g/mol. The van der Waals surface area contributed by atoms with E-state index in [0.29, 0.717) is 17.1 Å². The molecule has 0 saturated carbocycles. The second kappa shape index (κ2) is 8.15. The highest BCUT2D eigenvalue weighted by molar-refractivity contribution is 6.00. The second-order valence-electron chi connectivity index (χ2n) is 7.76. The van der Waals surface area contributed by atoms with Crippen molar-refractivity contribution in [3.05, 3.63) is 90.6 Å². The van der Waals surface area contributed by atoms with E-state index >= 15 is 0 Å². The van der Waals surface area contributed by atoms with E-state index < -0.39 is 6.10 Å². The van der Waals surface area contributed by atoms with Gasteiger partial charge in [0.1, 0.15) is 11.4 Å². The van der Waals surface area contributed by atoms with Crippen molar-refractivity contribution in [2.75, 3.05) is 5.32 Å². The summed E-state index contributed by atoms with van der Waals surface area (Å²) in [6, 6.07) is 25.0. The van der Waals surface area contributed by atoms with Crippen LogP contribution in [0.25, 0.3) is 22.4 Å². The Balaban J connectivity index is 1.46. The van der Waals surface area contributed by atoms with Crippen molar-refractivity contribution in [3.8, 4) is 28.1 Å². The molecule has 1 atom stereocenters. The first kappa shape index (κ1) is 19.8. The van der Waals surface area contributed by atoms with Crippen LogP contribution in [-0.4, -0.2) is 27.7 Å². The largest absolute Gasteiger partial charge is 0.478 e. The van der Waals surface area contributed by atoms with Crippen LogP contribution >= 0.6 is 0 Å². The van der Waals surface area contributed by atoms with E-state index in [9.17, 15) is 9.59 Å². The van der Waals surface area contributed by atoms with Crippen LogP contribution in [0.5, 0.6) is 5.75 Å². The molecule has 0 bridgehead atoms. The molecule has 1 N–H and O–H groups in total. The van der Waals surface area contributed by atoms with Crippen LogP contribution < -0.4 is 10.1 Å². The molecule has 158 valence electrons. The molecule has 6 nitrogen and oxygen atoms in total. The standard InChI is InChI=1S/C26H21N3O3/c1-17-11-13-18(14-12-17)20-16-29(28-25(20)19-7-3-2-4-8-19)24(30)15-23-26(31)27-21-9-5-6-10-22(21)32-23/h2-14,16,23H,15H2,1H3,(H,27,31). The Bertz CT molecular complexity index is 1290. The number of aromatic nitrogens is 2. The molecular formula is C26H21N3O3. The molecule has 0 radical (unpaired) electrons. The van der Waals surface area contributed by atoms with Crippen molar-refractivity contribution in [1.29, 1.82) is 0 Å². The number of fused-ring (bicyclic) bond motifs is 1. The SMILES string of the molecule is Cc1ccc(-c2cn(C(=O)CC3Oc4ccccc4NC3=O)nc2-c2ccccc2)cc1. The number of para-hydroxylation sites is 2. The van der Waals surface area contributed by atoms with Crippen molar-refractivity contribution in [3.63, 3.8) is 0 Å². The molecule has 0 aliphatic carbocycles. The molecule has 5 rings (SSSR count). The lowest BCUT2D eigenvalue weighted by Crippen LogP contribution is -2.39. The van der Waals surface area contributed by atoms with Gasteiger partial charge in [-0.05, 0) is 24.6 Å². The number of carbonyl (C=O) groups excluding carboxylic acids is 2. The summed E-state index contributed by atoms with van der Waals surface area (Å²) < 4.78 is 7.10. The molecule has 0 saturated heterocycles. The number of rotatable bonds is 4. The predicted molar refractivity (Wildman–Crippen MR) is 123 cm³/mol. The minimum absolute atomic E-state index is 0.122. The topological polar surface area (TPSA) is 73.2 Å². The number of nitrogens with one attached hydrogen (secondary N) is 1. The molecule has 1 aliphatic rings. The van der Waals surface area contributed by atoms with E-state index in [1.54, 1.807) is 18.3 Å². The van der Waals surface area contributed by atoms with E-state index in [1.165, 1.54) is 4.68 Å². The third kappa shape index (κ3) is 3.78. The molecule has 1 unspecified atom stereocenters. The van der Waals surface area contributed by atoms with Gasteiger partial charge in [0.15, 0.2) is 6.10 Å². The zero-order valence-electron chi connectivity index (χ0n) is 17.5. The first-order valence-corrected chi connectivity index (χ1v) is 10.4. The van der Waals surface area contributed by atoms with Crippen LogP contribution in [0.15, 0.2) is 85.1 Å². The lowest BCUT2D eigenvalue weighted by atomic mass is 10.0. The summed E-state index contributed by atoms with van der Waals surface area (Å²) >= 11 is 0. The maximum atomic E-state index is 13.1. The molecule has 4 aromatic rings. The van der Waals surface area contributed by atoms with Gasteiger partial charge >= 0.3 is 0 Å². The van der Waals surface area contributed by atoms with Gasteiger partial charge in [-0.25, -0.2) is 4.68 Å². The fraction of sp³-hybridized carbons (Fsp3) is 0.115.